The maximum absolute atomic E-state index is 11.8. The molecule has 0 heterocycles. The molecule has 0 spiro atoms. The van der Waals surface area contributed by atoms with E-state index in [2.05, 4.69) is 6.92 Å². The average molecular weight is 211 g/mol. The number of nitrogens with two attached hydrogens (primary N) is 1. The zero-order valence-corrected chi connectivity index (χ0v) is 10.2. The standard InChI is InChI=1S/C13H25NO/c1-10-6-8-12(9-7-10)13(15)5-3-4-11(2)14/h10-12H,3-9,14H2,1-2H3. The number of rotatable bonds is 5. The fourth-order valence-electron chi connectivity index (χ4n) is 2.38. The average Bonchev–Trinajstić information content (AvgIpc) is 2.18. The Morgan fingerprint density at radius 1 is 1.33 bits per heavy atom. The third kappa shape index (κ3) is 4.78. The molecule has 0 aromatic rings. The number of Topliss-reactive ketones (excluding diaryl/α,β-unsaturated/α-hetero) is 1. The van der Waals surface area contributed by atoms with Gasteiger partial charge in [0.2, 0.25) is 0 Å². The lowest BCUT2D eigenvalue weighted by molar-refractivity contribution is -0.124. The van der Waals surface area contributed by atoms with Crippen LogP contribution < -0.4 is 5.73 Å². The van der Waals surface area contributed by atoms with E-state index in [1.165, 1.54) is 12.8 Å². The van der Waals surface area contributed by atoms with Crippen molar-refractivity contribution in [3.05, 3.63) is 0 Å². The van der Waals surface area contributed by atoms with Gasteiger partial charge in [-0.1, -0.05) is 19.8 Å². The Balaban J connectivity index is 2.17. The molecule has 2 heteroatoms. The molecule has 1 rings (SSSR count). The van der Waals surface area contributed by atoms with E-state index in [9.17, 15) is 4.79 Å². The molecule has 2 nitrogen and oxygen atoms in total. The summed E-state index contributed by atoms with van der Waals surface area (Å²) in [6.45, 7) is 4.30. The Morgan fingerprint density at radius 2 is 1.93 bits per heavy atom. The van der Waals surface area contributed by atoms with Gasteiger partial charge < -0.3 is 5.73 Å². The van der Waals surface area contributed by atoms with E-state index in [1.807, 2.05) is 6.92 Å². The second-order valence-electron chi connectivity index (χ2n) is 5.29. The third-order valence-corrected chi connectivity index (χ3v) is 3.55. The SMILES string of the molecule is CC(N)CCCC(=O)C1CCC(C)CC1. The zero-order chi connectivity index (χ0) is 11.3. The van der Waals surface area contributed by atoms with Crippen molar-refractivity contribution in [3.8, 4) is 0 Å². The van der Waals surface area contributed by atoms with Crippen LogP contribution in [0.2, 0.25) is 0 Å². The van der Waals surface area contributed by atoms with Crippen LogP contribution >= 0.6 is 0 Å². The molecule has 0 bridgehead atoms. The second kappa shape index (κ2) is 6.26. The molecular weight excluding hydrogens is 186 g/mol. The van der Waals surface area contributed by atoms with Gasteiger partial charge in [-0.15, -0.1) is 0 Å². The highest BCUT2D eigenvalue weighted by Crippen LogP contribution is 2.29. The lowest BCUT2D eigenvalue weighted by Crippen LogP contribution is -2.21. The van der Waals surface area contributed by atoms with Gasteiger partial charge in [0.1, 0.15) is 5.78 Å². The molecule has 1 aliphatic rings. The van der Waals surface area contributed by atoms with Crippen molar-refractivity contribution < 1.29 is 4.79 Å². The fraction of sp³-hybridized carbons (Fsp3) is 0.923. The van der Waals surface area contributed by atoms with Gasteiger partial charge in [-0.25, -0.2) is 0 Å². The van der Waals surface area contributed by atoms with Crippen molar-refractivity contribution in [3.63, 3.8) is 0 Å². The van der Waals surface area contributed by atoms with Crippen LogP contribution in [0.4, 0.5) is 0 Å². The van der Waals surface area contributed by atoms with E-state index in [-0.39, 0.29) is 6.04 Å². The first-order valence-corrected chi connectivity index (χ1v) is 6.38. The Hall–Kier alpha value is -0.370. The molecule has 1 atom stereocenters. The Labute approximate surface area is 93.6 Å². The quantitative estimate of drug-likeness (QED) is 0.760. The lowest BCUT2D eigenvalue weighted by atomic mass is 9.80. The molecule has 0 radical (unpaired) electrons. The van der Waals surface area contributed by atoms with Gasteiger partial charge in [0.05, 0.1) is 0 Å². The molecule has 1 aliphatic carbocycles. The molecule has 0 aliphatic heterocycles. The second-order valence-corrected chi connectivity index (χ2v) is 5.29. The van der Waals surface area contributed by atoms with Crippen molar-refractivity contribution in [1.29, 1.82) is 0 Å². The summed E-state index contributed by atoms with van der Waals surface area (Å²) in [5, 5.41) is 0. The summed E-state index contributed by atoms with van der Waals surface area (Å²) in [6, 6.07) is 0.240. The highest BCUT2D eigenvalue weighted by molar-refractivity contribution is 5.81. The van der Waals surface area contributed by atoms with Gasteiger partial charge >= 0.3 is 0 Å². The summed E-state index contributed by atoms with van der Waals surface area (Å²) >= 11 is 0. The van der Waals surface area contributed by atoms with Crippen molar-refractivity contribution in [2.45, 2.75) is 64.8 Å². The fourth-order valence-corrected chi connectivity index (χ4v) is 2.38. The Bertz CT molecular complexity index is 193. The molecule has 15 heavy (non-hydrogen) atoms. The van der Waals surface area contributed by atoms with Crippen molar-refractivity contribution in [2.24, 2.45) is 17.6 Å². The maximum Gasteiger partial charge on any atom is 0.135 e. The number of ketones is 1. The number of carbonyl (C=O) groups is 1. The van der Waals surface area contributed by atoms with E-state index in [0.29, 0.717) is 11.7 Å². The highest BCUT2D eigenvalue weighted by atomic mass is 16.1. The Kier molecular flexibility index (Phi) is 5.30. The van der Waals surface area contributed by atoms with Crippen LogP contribution in [0, 0.1) is 11.8 Å². The topological polar surface area (TPSA) is 43.1 Å². The van der Waals surface area contributed by atoms with Crippen LogP contribution in [-0.2, 0) is 4.79 Å². The molecule has 2 N–H and O–H groups in total. The maximum atomic E-state index is 11.8. The first kappa shape index (κ1) is 12.7. The Morgan fingerprint density at radius 3 is 2.47 bits per heavy atom. The molecule has 1 saturated carbocycles. The molecule has 0 aromatic carbocycles. The zero-order valence-electron chi connectivity index (χ0n) is 10.2. The normalized spacial score (nSPS) is 28.7. The van der Waals surface area contributed by atoms with Gasteiger partial charge in [-0.3, -0.25) is 4.79 Å². The summed E-state index contributed by atoms with van der Waals surface area (Å²) in [4.78, 5) is 11.8. The van der Waals surface area contributed by atoms with Crippen LogP contribution in [0.1, 0.15) is 58.8 Å². The van der Waals surface area contributed by atoms with E-state index in [1.54, 1.807) is 0 Å². The van der Waals surface area contributed by atoms with Gasteiger partial charge in [-0.2, -0.15) is 0 Å². The molecule has 88 valence electrons. The number of carbonyl (C=O) groups excluding carboxylic acids is 1. The third-order valence-electron chi connectivity index (χ3n) is 3.55. The van der Waals surface area contributed by atoms with Gasteiger partial charge in [0, 0.05) is 18.4 Å². The van der Waals surface area contributed by atoms with Crippen molar-refractivity contribution >= 4 is 5.78 Å². The van der Waals surface area contributed by atoms with E-state index < -0.39 is 0 Å². The van der Waals surface area contributed by atoms with Crippen LogP contribution in [0.3, 0.4) is 0 Å². The summed E-state index contributed by atoms with van der Waals surface area (Å²) in [5.74, 6) is 1.69. The van der Waals surface area contributed by atoms with Gasteiger partial charge in [0.25, 0.3) is 0 Å². The molecule has 0 aromatic heterocycles. The highest BCUT2D eigenvalue weighted by Gasteiger charge is 2.23. The first-order valence-electron chi connectivity index (χ1n) is 6.38. The molecular formula is C13H25NO. The molecule has 0 amide bonds. The molecule has 1 fully saturated rings. The first-order chi connectivity index (χ1) is 7.09. The minimum atomic E-state index is 0.240. The van der Waals surface area contributed by atoms with Crippen LogP contribution in [0.15, 0.2) is 0 Å². The number of hydrogen-bond donors (Lipinski definition) is 1. The van der Waals surface area contributed by atoms with Gasteiger partial charge in [-0.05, 0) is 38.5 Å². The predicted octanol–water partition coefficient (Wildman–Crippen LogP) is 2.90. The summed E-state index contributed by atoms with van der Waals surface area (Å²) < 4.78 is 0. The van der Waals surface area contributed by atoms with Crippen LogP contribution in [0.5, 0.6) is 0 Å². The minimum Gasteiger partial charge on any atom is -0.328 e. The summed E-state index contributed by atoms with van der Waals surface area (Å²) in [7, 11) is 0. The monoisotopic (exact) mass is 211 g/mol. The minimum absolute atomic E-state index is 0.240. The van der Waals surface area contributed by atoms with Crippen molar-refractivity contribution in [2.75, 3.05) is 0 Å². The lowest BCUT2D eigenvalue weighted by Gasteiger charge is -2.25. The number of hydrogen-bond acceptors (Lipinski definition) is 2. The van der Waals surface area contributed by atoms with Crippen molar-refractivity contribution in [1.82, 2.24) is 0 Å². The molecule has 1 unspecified atom stereocenters. The van der Waals surface area contributed by atoms with E-state index >= 15 is 0 Å². The molecule has 0 saturated heterocycles. The van der Waals surface area contributed by atoms with E-state index in [0.717, 1.165) is 38.0 Å². The van der Waals surface area contributed by atoms with Crippen LogP contribution in [0.25, 0.3) is 0 Å². The van der Waals surface area contributed by atoms with E-state index in [4.69, 9.17) is 5.73 Å². The predicted molar refractivity (Wildman–Crippen MR) is 63.6 cm³/mol. The summed E-state index contributed by atoms with van der Waals surface area (Å²) in [5.41, 5.74) is 5.66. The summed E-state index contributed by atoms with van der Waals surface area (Å²) in [6.07, 6.45) is 7.43. The van der Waals surface area contributed by atoms with Gasteiger partial charge in [0.15, 0.2) is 0 Å². The smallest absolute Gasteiger partial charge is 0.135 e. The van der Waals surface area contributed by atoms with Crippen LogP contribution in [-0.4, -0.2) is 11.8 Å². The largest absolute Gasteiger partial charge is 0.328 e.